The van der Waals surface area contributed by atoms with Gasteiger partial charge < -0.3 is 15.5 Å². The first kappa shape index (κ1) is 12.3. The molecule has 0 unspecified atom stereocenters. The molecule has 0 fully saturated rings. The molecule has 1 aromatic heterocycles. The molecule has 3 N–H and O–H groups in total. The highest BCUT2D eigenvalue weighted by Crippen LogP contribution is 2.25. The fourth-order valence-electron chi connectivity index (χ4n) is 1.00. The zero-order valence-electron chi connectivity index (χ0n) is 8.77. The van der Waals surface area contributed by atoms with E-state index in [9.17, 15) is 9.59 Å². The molecule has 0 aliphatic carbocycles. The van der Waals surface area contributed by atoms with Crippen molar-refractivity contribution < 1.29 is 19.8 Å². The molecule has 0 spiro atoms. The number of anilines is 1. The number of aryl methyl sites for hydroxylation is 2. The van der Waals surface area contributed by atoms with E-state index in [4.69, 9.17) is 10.2 Å². The molecule has 1 rings (SSSR count). The SMILES string of the molecule is Cc1cc(NC=C(C(=O)O)C(=O)O)sc1C. The molecule has 1 heterocycles. The number of rotatable bonds is 4. The largest absolute Gasteiger partial charge is 0.477 e. The summed E-state index contributed by atoms with van der Waals surface area (Å²) < 4.78 is 0. The fourth-order valence-corrected chi connectivity index (χ4v) is 1.91. The summed E-state index contributed by atoms with van der Waals surface area (Å²) in [4.78, 5) is 22.2. The van der Waals surface area contributed by atoms with Gasteiger partial charge in [-0.2, -0.15) is 0 Å². The van der Waals surface area contributed by atoms with E-state index < -0.39 is 17.5 Å². The molecule has 0 aliphatic rings. The van der Waals surface area contributed by atoms with E-state index in [1.807, 2.05) is 19.9 Å². The molecular weight excluding hydrogens is 230 g/mol. The zero-order valence-corrected chi connectivity index (χ0v) is 9.59. The van der Waals surface area contributed by atoms with Crippen molar-refractivity contribution in [2.45, 2.75) is 13.8 Å². The lowest BCUT2D eigenvalue weighted by atomic mass is 10.3. The van der Waals surface area contributed by atoms with Crippen molar-refractivity contribution in [1.29, 1.82) is 0 Å². The maximum atomic E-state index is 10.5. The number of nitrogens with one attached hydrogen (secondary N) is 1. The van der Waals surface area contributed by atoms with Crippen LogP contribution in [0.3, 0.4) is 0 Å². The third kappa shape index (κ3) is 2.83. The van der Waals surface area contributed by atoms with Gasteiger partial charge in [0, 0.05) is 11.1 Å². The van der Waals surface area contributed by atoms with Gasteiger partial charge in [0.05, 0.1) is 5.00 Å². The van der Waals surface area contributed by atoms with Crippen LogP contribution in [-0.4, -0.2) is 22.2 Å². The van der Waals surface area contributed by atoms with Crippen molar-refractivity contribution in [2.75, 3.05) is 5.32 Å². The Morgan fingerprint density at radius 1 is 1.31 bits per heavy atom. The van der Waals surface area contributed by atoms with E-state index in [-0.39, 0.29) is 0 Å². The van der Waals surface area contributed by atoms with Crippen LogP contribution >= 0.6 is 11.3 Å². The highest BCUT2D eigenvalue weighted by molar-refractivity contribution is 7.16. The zero-order chi connectivity index (χ0) is 12.3. The monoisotopic (exact) mass is 241 g/mol. The van der Waals surface area contributed by atoms with Gasteiger partial charge in [-0.3, -0.25) is 0 Å². The van der Waals surface area contributed by atoms with Crippen LogP contribution in [0, 0.1) is 13.8 Å². The van der Waals surface area contributed by atoms with Crippen molar-refractivity contribution in [1.82, 2.24) is 0 Å². The quantitative estimate of drug-likeness (QED) is 0.425. The second kappa shape index (κ2) is 4.80. The normalized spacial score (nSPS) is 9.62. The Morgan fingerprint density at radius 3 is 2.25 bits per heavy atom. The second-order valence-electron chi connectivity index (χ2n) is 3.16. The predicted octanol–water partition coefficient (Wildman–Crippen LogP) is 1.83. The molecule has 6 heteroatoms. The summed E-state index contributed by atoms with van der Waals surface area (Å²) in [6.07, 6.45) is 0.982. The van der Waals surface area contributed by atoms with Crippen LogP contribution in [0.2, 0.25) is 0 Å². The van der Waals surface area contributed by atoms with Gasteiger partial charge in [0.25, 0.3) is 0 Å². The van der Waals surface area contributed by atoms with Gasteiger partial charge >= 0.3 is 11.9 Å². The number of carboxylic acids is 2. The molecule has 0 aromatic carbocycles. The van der Waals surface area contributed by atoms with Gasteiger partial charge in [0.15, 0.2) is 5.57 Å². The van der Waals surface area contributed by atoms with Crippen molar-refractivity contribution in [3.63, 3.8) is 0 Å². The number of carbonyl (C=O) groups is 2. The van der Waals surface area contributed by atoms with Crippen molar-refractivity contribution >= 4 is 28.3 Å². The van der Waals surface area contributed by atoms with E-state index >= 15 is 0 Å². The maximum Gasteiger partial charge on any atom is 0.344 e. The lowest BCUT2D eigenvalue weighted by Crippen LogP contribution is -2.12. The minimum absolute atomic E-state index is 0.691. The number of hydrogen-bond donors (Lipinski definition) is 3. The summed E-state index contributed by atoms with van der Waals surface area (Å²) in [7, 11) is 0. The van der Waals surface area contributed by atoms with Gasteiger partial charge in [-0.25, -0.2) is 9.59 Å². The lowest BCUT2D eigenvalue weighted by molar-refractivity contribution is -0.140. The molecule has 86 valence electrons. The number of carboxylic acid groups (broad SMARTS) is 2. The summed E-state index contributed by atoms with van der Waals surface area (Å²) in [6.45, 7) is 3.86. The highest BCUT2D eigenvalue weighted by Gasteiger charge is 2.15. The molecule has 0 atom stereocenters. The predicted molar refractivity (Wildman–Crippen MR) is 60.8 cm³/mol. The summed E-state index contributed by atoms with van der Waals surface area (Å²) in [6, 6.07) is 1.83. The average Bonchev–Trinajstić information content (AvgIpc) is 2.45. The maximum absolute atomic E-state index is 10.5. The molecule has 0 saturated carbocycles. The lowest BCUT2D eigenvalue weighted by Gasteiger charge is -1.97. The third-order valence-electron chi connectivity index (χ3n) is 1.99. The first-order valence-electron chi connectivity index (χ1n) is 4.42. The van der Waals surface area contributed by atoms with Gasteiger partial charge in [0.2, 0.25) is 0 Å². The van der Waals surface area contributed by atoms with E-state index in [0.29, 0.717) is 0 Å². The standard InChI is InChI=1S/C10H11NO4S/c1-5-3-8(16-6(5)2)11-4-7(9(12)13)10(14)15/h3-4,11H,1-2H3,(H,12,13)(H,14,15). The molecule has 1 aromatic rings. The highest BCUT2D eigenvalue weighted by atomic mass is 32.1. The van der Waals surface area contributed by atoms with Gasteiger partial charge in [-0.15, -0.1) is 11.3 Å². The topological polar surface area (TPSA) is 86.6 Å². The molecule has 0 saturated heterocycles. The molecule has 0 aliphatic heterocycles. The first-order chi connectivity index (χ1) is 7.41. The molecule has 0 radical (unpaired) electrons. The van der Waals surface area contributed by atoms with Gasteiger partial charge in [-0.1, -0.05) is 0 Å². The second-order valence-corrected chi connectivity index (χ2v) is 4.42. The third-order valence-corrected chi connectivity index (χ3v) is 3.07. The Hall–Kier alpha value is -1.82. The van der Waals surface area contributed by atoms with Crippen LogP contribution in [0.25, 0.3) is 0 Å². The van der Waals surface area contributed by atoms with E-state index in [2.05, 4.69) is 5.32 Å². The van der Waals surface area contributed by atoms with Crippen LogP contribution in [0.4, 0.5) is 5.00 Å². The number of hydrogen-bond acceptors (Lipinski definition) is 4. The van der Waals surface area contributed by atoms with E-state index in [1.54, 1.807) is 0 Å². The molecule has 0 amide bonds. The van der Waals surface area contributed by atoms with E-state index in [1.165, 1.54) is 11.3 Å². The fraction of sp³-hybridized carbons (Fsp3) is 0.200. The Balaban J connectivity index is 2.85. The van der Waals surface area contributed by atoms with E-state index in [0.717, 1.165) is 21.6 Å². The average molecular weight is 241 g/mol. The number of aliphatic carboxylic acids is 2. The van der Waals surface area contributed by atoms with Gasteiger partial charge in [0.1, 0.15) is 0 Å². The summed E-state index contributed by atoms with van der Waals surface area (Å²) in [5.74, 6) is -2.94. The van der Waals surface area contributed by atoms with Crippen LogP contribution in [0.5, 0.6) is 0 Å². The minimum Gasteiger partial charge on any atom is -0.477 e. The Labute approximate surface area is 96.0 Å². The molecule has 16 heavy (non-hydrogen) atoms. The van der Waals surface area contributed by atoms with Crippen LogP contribution in [0.15, 0.2) is 17.8 Å². The molecule has 5 nitrogen and oxygen atoms in total. The van der Waals surface area contributed by atoms with Crippen molar-refractivity contribution in [3.8, 4) is 0 Å². The van der Waals surface area contributed by atoms with Crippen LogP contribution in [0.1, 0.15) is 10.4 Å². The van der Waals surface area contributed by atoms with Crippen LogP contribution < -0.4 is 5.32 Å². The first-order valence-corrected chi connectivity index (χ1v) is 5.23. The van der Waals surface area contributed by atoms with Gasteiger partial charge in [-0.05, 0) is 25.5 Å². The summed E-state index contributed by atoms with van der Waals surface area (Å²) >= 11 is 1.44. The summed E-state index contributed by atoms with van der Waals surface area (Å²) in [5, 5.41) is 20.6. The smallest absolute Gasteiger partial charge is 0.344 e. The molecule has 0 bridgehead atoms. The Kier molecular flexibility index (Phi) is 3.68. The Bertz CT molecular complexity index is 426. The molecular formula is C10H11NO4S. The van der Waals surface area contributed by atoms with Crippen molar-refractivity contribution in [3.05, 3.63) is 28.3 Å². The Morgan fingerprint density at radius 2 is 1.88 bits per heavy atom. The van der Waals surface area contributed by atoms with Crippen molar-refractivity contribution in [2.24, 2.45) is 0 Å². The minimum atomic E-state index is -1.47. The van der Waals surface area contributed by atoms with Crippen LogP contribution in [-0.2, 0) is 9.59 Å². The number of thiophene rings is 1. The summed E-state index contributed by atoms with van der Waals surface area (Å²) in [5.41, 5.74) is 0.386.